The number of carbonyl (C=O) groups is 1. The van der Waals surface area contributed by atoms with Crippen LogP contribution in [0.15, 0.2) is 22.7 Å². The summed E-state index contributed by atoms with van der Waals surface area (Å²) in [5, 5.41) is 2.84. The van der Waals surface area contributed by atoms with Crippen molar-refractivity contribution in [3.05, 3.63) is 33.8 Å². The van der Waals surface area contributed by atoms with Crippen LogP contribution in [0, 0.1) is 6.92 Å². The number of ether oxygens (including phenoxy) is 1. The molecule has 4 heteroatoms. The minimum Gasteiger partial charge on any atom is -0.380 e. The third-order valence-electron chi connectivity index (χ3n) is 2.59. The van der Waals surface area contributed by atoms with Crippen molar-refractivity contribution in [3.8, 4) is 0 Å². The van der Waals surface area contributed by atoms with E-state index in [2.05, 4.69) is 28.2 Å². The lowest BCUT2D eigenvalue weighted by atomic mass is 10.1. The number of nitrogens with one attached hydrogen (secondary N) is 1. The first kappa shape index (κ1) is 15.2. The summed E-state index contributed by atoms with van der Waals surface area (Å²) in [7, 11) is 0. The van der Waals surface area contributed by atoms with Crippen LogP contribution in [0.3, 0.4) is 0 Å². The molecule has 0 aromatic heterocycles. The van der Waals surface area contributed by atoms with Gasteiger partial charge in [0.25, 0.3) is 5.91 Å². The lowest BCUT2D eigenvalue weighted by Gasteiger charge is -2.07. The van der Waals surface area contributed by atoms with Crippen LogP contribution in [0.5, 0.6) is 0 Å². The molecule has 0 heterocycles. The van der Waals surface area contributed by atoms with Crippen LogP contribution in [0.25, 0.3) is 0 Å². The summed E-state index contributed by atoms with van der Waals surface area (Å²) in [5.74, 6) is -0.0512. The molecule has 1 amide bonds. The topological polar surface area (TPSA) is 38.3 Å². The molecular formula is C14H20BrNO2. The molecule has 0 atom stereocenters. The molecule has 0 unspecified atom stereocenters. The first-order valence-corrected chi connectivity index (χ1v) is 7.06. The highest BCUT2D eigenvalue weighted by atomic mass is 79.9. The maximum absolute atomic E-state index is 11.8. The molecule has 0 saturated carbocycles. The standard InChI is InChI=1S/C14H20BrNO2/c1-3-4-8-18-9-7-16-14(17)12-5-6-13(15)11(2)10-12/h5-6,10H,3-4,7-9H2,1-2H3,(H,16,17). The Labute approximate surface area is 117 Å². The van der Waals surface area contributed by atoms with Crippen LogP contribution < -0.4 is 5.32 Å². The highest BCUT2D eigenvalue weighted by molar-refractivity contribution is 9.10. The second-order valence-corrected chi connectivity index (χ2v) is 5.04. The third-order valence-corrected chi connectivity index (χ3v) is 3.48. The lowest BCUT2D eigenvalue weighted by molar-refractivity contribution is 0.0912. The first-order valence-electron chi connectivity index (χ1n) is 6.27. The molecule has 1 aromatic rings. The van der Waals surface area contributed by atoms with E-state index in [1.165, 1.54) is 0 Å². The van der Waals surface area contributed by atoms with E-state index in [9.17, 15) is 4.79 Å². The van der Waals surface area contributed by atoms with Crippen LogP contribution in [0.1, 0.15) is 35.7 Å². The Hall–Kier alpha value is -0.870. The highest BCUT2D eigenvalue weighted by Gasteiger charge is 2.05. The van der Waals surface area contributed by atoms with E-state index in [4.69, 9.17) is 4.74 Å². The number of rotatable bonds is 7. The Balaban J connectivity index is 2.30. The average Bonchev–Trinajstić information content (AvgIpc) is 2.36. The molecule has 0 aliphatic heterocycles. The number of hydrogen-bond acceptors (Lipinski definition) is 2. The summed E-state index contributed by atoms with van der Waals surface area (Å²) in [6.45, 7) is 5.98. The average molecular weight is 314 g/mol. The summed E-state index contributed by atoms with van der Waals surface area (Å²) in [6.07, 6.45) is 2.20. The molecule has 3 nitrogen and oxygen atoms in total. The molecule has 0 spiro atoms. The van der Waals surface area contributed by atoms with E-state index in [1.54, 1.807) is 0 Å². The normalized spacial score (nSPS) is 10.4. The number of carbonyl (C=O) groups excluding carboxylic acids is 1. The van der Waals surface area contributed by atoms with Gasteiger partial charge < -0.3 is 10.1 Å². The van der Waals surface area contributed by atoms with Crippen LogP contribution in [0.2, 0.25) is 0 Å². The predicted octanol–water partition coefficient (Wildman–Crippen LogP) is 3.30. The van der Waals surface area contributed by atoms with Crippen molar-refractivity contribution < 1.29 is 9.53 Å². The van der Waals surface area contributed by atoms with Crippen molar-refractivity contribution >= 4 is 21.8 Å². The van der Waals surface area contributed by atoms with Gasteiger partial charge in [-0.3, -0.25) is 4.79 Å². The van der Waals surface area contributed by atoms with E-state index >= 15 is 0 Å². The lowest BCUT2D eigenvalue weighted by Crippen LogP contribution is -2.27. The van der Waals surface area contributed by atoms with Gasteiger partial charge in [-0.1, -0.05) is 29.3 Å². The molecule has 0 radical (unpaired) electrons. The van der Waals surface area contributed by atoms with E-state index in [0.717, 1.165) is 29.5 Å². The van der Waals surface area contributed by atoms with Crippen LogP contribution in [-0.4, -0.2) is 25.7 Å². The summed E-state index contributed by atoms with van der Waals surface area (Å²) in [4.78, 5) is 11.8. The van der Waals surface area contributed by atoms with Gasteiger partial charge >= 0.3 is 0 Å². The number of aryl methyl sites for hydroxylation is 1. The third kappa shape index (κ3) is 5.19. The number of amides is 1. The fourth-order valence-corrected chi connectivity index (χ4v) is 1.72. The molecule has 100 valence electrons. The minimum atomic E-state index is -0.0512. The van der Waals surface area contributed by atoms with Crippen molar-refractivity contribution in [2.45, 2.75) is 26.7 Å². The number of halogens is 1. The molecule has 0 aliphatic carbocycles. The zero-order valence-electron chi connectivity index (χ0n) is 11.0. The molecule has 0 aliphatic rings. The first-order chi connectivity index (χ1) is 8.65. The van der Waals surface area contributed by atoms with Crippen molar-refractivity contribution in [1.29, 1.82) is 0 Å². The maximum Gasteiger partial charge on any atom is 0.251 e. The van der Waals surface area contributed by atoms with Gasteiger partial charge in [-0.25, -0.2) is 0 Å². The van der Waals surface area contributed by atoms with Crippen molar-refractivity contribution in [2.24, 2.45) is 0 Å². The van der Waals surface area contributed by atoms with Crippen LogP contribution >= 0.6 is 15.9 Å². The van der Waals surface area contributed by atoms with Gasteiger partial charge in [0.05, 0.1) is 6.61 Å². The van der Waals surface area contributed by atoms with Gasteiger partial charge in [0, 0.05) is 23.2 Å². The number of benzene rings is 1. The quantitative estimate of drug-likeness (QED) is 0.784. The molecule has 1 aromatic carbocycles. The van der Waals surface area contributed by atoms with E-state index in [0.29, 0.717) is 18.7 Å². The second-order valence-electron chi connectivity index (χ2n) is 4.19. The van der Waals surface area contributed by atoms with Crippen LogP contribution in [-0.2, 0) is 4.74 Å². The zero-order valence-corrected chi connectivity index (χ0v) is 12.5. The van der Waals surface area contributed by atoms with E-state index in [1.807, 2.05) is 25.1 Å². The Bertz CT molecular complexity index is 393. The Morgan fingerprint density at radius 1 is 1.39 bits per heavy atom. The second kappa shape index (κ2) is 8.27. The largest absolute Gasteiger partial charge is 0.380 e. The SMILES string of the molecule is CCCCOCCNC(=O)c1ccc(Br)c(C)c1. The van der Waals surface area contributed by atoms with E-state index in [-0.39, 0.29) is 5.91 Å². The molecule has 0 bridgehead atoms. The van der Waals surface area contributed by atoms with Crippen molar-refractivity contribution in [1.82, 2.24) is 5.32 Å². The fraction of sp³-hybridized carbons (Fsp3) is 0.500. The summed E-state index contributed by atoms with van der Waals surface area (Å²) < 4.78 is 6.40. The monoisotopic (exact) mass is 313 g/mol. The summed E-state index contributed by atoms with van der Waals surface area (Å²) >= 11 is 3.41. The highest BCUT2D eigenvalue weighted by Crippen LogP contribution is 2.16. The van der Waals surface area contributed by atoms with Gasteiger partial charge in [-0.05, 0) is 37.1 Å². The number of hydrogen-bond donors (Lipinski definition) is 1. The molecular weight excluding hydrogens is 294 g/mol. The van der Waals surface area contributed by atoms with Gasteiger partial charge in [0.2, 0.25) is 0 Å². The Morgan fingerprint density at radius 3 is 2.83 bits per heavy atom. The smallest absolute Gasteiger partial charge is 0.251 e. The van der Waals surface area contributed by atoms with Crippen LogP contribution in [0.4, 0.5) is 0 Å². The fourth-order valence-electron chi connectivity index (χ4n) is 1.47. The van der Waals surface area contributed by atoms with Crippen molar-refractivity contribution in [2.75, 3.05) is 19.8 Å². The molecule has 0 fully saturated rings. The van der Waals surface area contributed by atoms with Gasteiger partial charge in [0.1, 0.15) is 0 Å². The Kier molecular flexibility index (Phi) is 6.98. The van der Waals surface area contributed by atoms with Gasteiger partial charge in [0.15, 0.2) is 0 Å². The Morgan fingerprint density at radius 2 is 2.17 bits per heavy atom. The zero-order chi connectivity index (χ0) is 13.4. The van der Waals surface area contributed by atoms with E-state index < -0.39 is 0 Å². The summed E-state index contributed by atoms with van der Waals surface area (Å²) in [6, 6.07) is 5.57. The van der Waals surface area contributed by atoms with Crippen molar-refractivity contribution in [3.63, 3.8) is 0 Å². The van der Waals surface area contributed by atoms with Gasteiger partial charge in [-0.2, -0.15) is 0 Å². The number of unbranched alkanes of at least 4 members (excludes halogenated alkanes) is 1. The van der Waals surface area contributed by atoms with Gasteiger partial charge in [-0.15, -0.1) is 0 Å². The molecule has 1 N–H and O–H groups in total. The predicted molar refractivity (Wildman–Crippen MR) is 76.9 cm³/mol. The molecule has 0 saturated heterocycles. The summed E-state index contributed by atoms with van der Waals surface area (Å²) in [5.41, 5.74) is 1.74. The molecule has 18 heavy (non-hydrogen) atoms. The minimum absolute atomic E-state index is 0.0512. The molecule has 1 rings (SSSR count). The maximum atomic E-state index is 11.8.